The molecule has 2 atom stereocenters. The van der Waals surface area contributed by atoms with Gasteiger partial charge in [0.15, 0.2) is 0 Å². The van der Waals surface area contributed by atoms with Gasteiger partial charge in [-0.15, -0.1) is 0 Å². The standard InChI is InChI=1S/C13H24N2O/c1-11(9-12(2)16)15-8-4-7-14-6-3-5-13(14)10-15/h11,13H,3-10H2,1-2H3. The molecule has 0 spiro atoms. The number of hydrogen-bond acceptors (Lipinski definition) is 3. The number of rotatable bonds is 3. The van der Waals surface area contributed by atoms with Gasteiger partial charge >= 0.3 is 0 Å². The van der Waals surface area contributed by atoms with E-state index in [1.165, 1.54) is 45.4 Å². The highest BCUT2D eigenvalue weighted by Crippen LogP contribution is 2.22. The second-order valence-electron chi connectivity index (χ2n) is 5.44. The zero-order chi connectivity index (χ0) is 11.5. The van der Waals surface area contributed by atoms with Gasteiger partial charge in [0.2, 0.25) is 0 Å². The SMILES string of the molecule is CC(=O)CC(C)N1CCCN2CCCC2C1. The Bertz CT molecular complexity index is 254. The van der Waals surface area contributed by atoms with Crippen LogP contribution in [-0.4, -0.2) is 53.8 Å². The highest BCUT2D eigenvalue weighted by molar-refractivity contribution is 5.76. The first kappa shape index (κ1) is 12.1. The van der Waals surface area contributed by atoms with Crippen molar-refractivity contribution in [2.45, 2.75) is 51.6 Å². The Labute approximate surface area is 98.8 Å². The lowest BCUT2D eigenvalue weighted by atomic mass is 10.1. The van der Waals surface area contributed by atoms with Crippen LogP contribution in [-0.2, 0) is 4.79 Å². The smallest absolute Gasteiger partial charge is 0.131 e. The molecule has 2 unspecified atom stereocenters. The molecular weight excluding hydrogens is 200 g/mol. The average molecular weight is 224 g/mol. The van der Waals surface area contributed by atoms with Gasteiger partial charge in [-0.25, -0.2) is 0 Å². The third-order valence-electron chi connectivity index (χ3n) is 4.04. The Morgan fingerprint density at radius 2 is 2.06 bits per heavy atom. The highest BCUT2D eigenvalue weighted by Gasteiger charge is 2.30. The lowest BCUT2D eigenvalue weighted by Crippen LogP contribution is -2.41. The van der Waals surface area contributed by atoms with E-state index in [1.807, 2.05) is 0 Å². The molecular formula is C13H24N2O. The topological polar surface area (TPSA) is 23.6 Å². The zero-order valence-corrected chi connectivity index (χ0v) is 10.6. The first-order valence-electron chi connectivity index (χ1n) is 6.64. The van der Waals surface area contributed by atoms with E-state index in [-0.39, 0.29) is 0 Å². The molecule has 0 aliphatic carbocycles. The Balaban J connectivity index is 1.92. The van der Waals surface area contributed by atoms with E-state index < -0.39 is 0 Å². The maximum Gasteiger partial charge on any atom is 0.131 e. The van der Waals surface area contributed by atoms with Crippen LogP contribution >= 0.6 is 0 Å². The van der Waals surface area contributed by atoms with Crippen molar-refractivity contribution >= 4 is 5.78 Å². The van der Waals surface area contributed by atoms with Crippen LogP contribution in [0.2, 0.25) is 0 Å². The quantitative estimate of drug-likeness (QED) is 0.726. The van der Waals surface area contributed by atoms with Crippen molar-refractivity contribution < 1.29 is 4.79 Å². The molecule has 2 fully saturated rings. The summed E-state index contributed by atoms with van der Waals surface area (Å²) in [7, 11) is 0. The predicted molar refractivity (Wildman–Crippen MR) is 65.5 cm³/mol. The molecule has 16 heavy (non-hydrogen) atoms. The van der Waals surface area contributed by atoms with Crippen molar-refractivity contribution in [2.75, 3.05) is 26.2 Å². The molecule has 2 aliphatic rings. The lowest BCUT2D eigenvalue weighted by Gasteiger charge is -2.30. The number of fused-ring (bicyclic) bond motifs is 1. The molecule has 0 saturated carbocycles. The third kappa shape index (κ3) is 2.83. The van der Waals surface area contributed by atoms with E-state index in [0.717, 1.165) is 6.04 Å². The van der Waals surface area contributed by atoms with Gasteiger partial charge < -0.3 is 0 Å². The summed E-state index contributed by atoms with van der Waals surface area (Å²) in [5, 5.41) is 0. The molecule has 3 nitrogen and oxygen atoms in total. The number of nitrogens with zero attached hydrogens (tertiary/aromatic N) is 2. The normalized spacial score (nSPS) is 29.8. The summed E-state index contributed by atoms with van der Waals surface area (Å²) in [4.78, 5) is 16.3. The Hall–Kier alpha value is -0.410. The summed E-state index contributed by atoms with van der Waals surface area (Å²) in [6.07, 6.45) is 4.69. The van der Waals surface area contributed by atoms with Gasteiger partial charge in [-0.1, -0.05) is 0 Å². The lowest BCUT2D eigenvalue weighted by molar-refractivity contribution is -0.118. The molecule has 2 rings (SSSR count). The minimum absolute atomic E-state index is 0.319. The van der Waals surface area contributed by atoms with Crippen LogP contribution in [0.1, 0.15) is 39.5 Å². The third-order valence-corrected chi connectivity index (χ3v) is 4.04. The van der Waals surface area contributed by atoms with E-state index in [2.05, 4.69) is 16.7 Å². The van der Waals surface area contributed by atoms with Crippen molar-refractivity contribution in [1.29, 1.82) is 0 Å². The highest BCUT2D eigenvalue weighted by atomic mass is 16.1. The van der Waals surface area contributed by atoms with Crippen molar-refractivity contribution in [3.05, 3.63) is 0 Å². The second-order valence-corrected chi connectivity index (χ2v) is 5.44. The van der Waals surface area contributed by atoms with Crippen LogP contribution in [0.4, 0.5) is 0 Å². The fraction of sp³-hybridized carbons (Fsp3) is 0.923. The number of carbonyl (C=O) groups is 1. The number of hydrogen-bond donors (Lipinski definition) is 0. The Morgan fingerprint density at radius 1 is 1.31 bits per heavy atom. The Morgan fingerprint density at radius 3 is 2.81 bits per heavy atom. The molecule has 0 aromatic carbocycles. The summed E-state index contributed by atoms with van der Waals surface area (Å²) >= 11 is 0. The van der Waals surface area contributed by atoms with Gasteiger partial charge in [-0.3, -0.25) is 14.6 Å². The zero-order valence-electron chi connectivity index (χ0n) is 10.6. The van der Waals surface area contributed by atoms with Crippen LogP contribution in [0.5, 0.6) is 0 Å². The number of ketones is 1. The van der Waals surface area contributed by atoms with Crippen LogP contribution < -0.4 is 0 Å². The van der Waals surface area contributed by atoms with Crippen molar-refractivity contribution in [2.24, 2.45) is 0 Å². The summed E-state index contributed by atoms with van der Waals surface area (Å²) in [6, 6.07) is 1.19. The van der Waals surface area contributed by atoms with E-state index in [0.29, 0.717) is 18.2 Å². The molecule has 0 aromatic rings. The summed E-state index contributed by atoms with van der Waals surface area (Å²) < 4.78 is 0. The first-order chi connectivity index (χ1) is 7.66. The van der Waals surface area contributed by atoms with Gasteiger partial charge in [0.25, 0.3) is 0 Å². The minimum atomic E-state index is 0.319. The van der Waals surface area contributed by atoms with Crippen LogP contribution in [0.25, 0.3) is 0 Å². The molecule has 92 valence electrons. The van der Waals surface area contributed by atoms with E-state index >= 15 is 0 Å². The molecule has 2 aliphatic heterocycles. The molecule has 0 radical (unpaired) electrons. The summed E-state index contributed by atoms with van der Waals surface area (Å²) in [5.74, 6) is 0.319. The van der Waals surface area contributed by atoms with Gasteiger partial charge in [0.05, 0.1) is 0 Å². The maximum atomic E-state index is 11.2. The fourth-order valence-corrected chi connectivity index (χ4v) is 3.18. The minimum Gasteiger partial charge on any atom is -0.300 e. The second kappa shape index (κ2) is 5.28. The van der Waals surface area contributed by atoms with Gasteiger partial charge in [0, 0.05) is 25.0 Å². The molecule has 0 bridgehead atoms. The molecule has 2 heterocycles. The summed E-state index contributed by atoms with van der Waals surface area (Å²) in [5.41, 5.74) is 0. The molecule has 0 amide bonds. The number of carbonyl (C=O) groups excluding carboxylic acids is 1. The maximum absolute atomic E-state index is 11.2. The molecule has 2 saturated heterocycles. The van der Waals surface area contributed by atoms with E-state index in [1.54, 1.807) is 6.92 Å². The van der Waals surface area contributed by atoms with Crippen molar-refractivity contribution in [3.8, 4) is 0 Å². The molecule has 3 heteroatoms. The van der Waals surface area contributed by atoms with Crippen LogP contribution in [0, 0.1) is 0 Å². The molecule has 0 N–H and O–H groups in total. The van der Waals surface area contributed by atoms with Crippen molar-refractivity contribution in [3.63, 3.8) is 0 Å². The monoisotopic (exact) mass is 224 g/mol. The average Bonchev–Trinajstić information content (AvgIpc) is 2.54. The van der Waals surface area contributed by atoms with E-state index in [9.17, 15) is 4.79 Å². The van der Waals surface area contributed by atoms with Gasteiger partial charge in [0.1, 0.15) is 5.78 Å². The van der Waals surface area contributed by atoms with Crippen LogP contribution in [0.15, 0.2) is 0 Å². The van der Waals surface area contributed by atoms with Crippen molar-refractivity contribution in [1.82, 2.24) is 9.80 Å². The number of Topliss-reactive ketones (excluding diaryl/α,β-unsaturated/α-hetero) is 1. The van der Waals surface area contributed by atoms with E-state index in [4.69, 9.17) is 0 Å². The predicted octanol–water partition coefficient (Wildman–Crippen LogP) is 1.52. The Kier molecular flexibility index (Phi) is 3.98. The molecule has 0 aromatic heterocycles. The van der Waals surface area contributed by atoms with Gasteiger partial charge in [-0.2, -0.15) is 0 Å². The first-order valence-corrected chi connectivity index (χ1v) is 6.64. The van der Waals surface area contributed by atoms with Gasteiger partial charge in [-0.05, 0) is 52.7 Å². The largest absolute Gasteiger partial charge is 0.300 e. The summed E-state index contributed by atoms with van der Waals surface area (Å²) in [6.45, 7) is 8.80. The van der Waals surface area contributed by atoms with Crippen LogP contribution in [0.3, 0.4) is 0 Å². The fourth-order valence-electron chi connectivity index (χ4n) is 3.18.